The minimum atomic E-state index is -0.297. The third-order valence-electron chi connectivity index (χ3n) is 4.12. The number of tetrazole rings is 1. The first-order valence-corrected chi connectivity index (χ1v) is 9.49. The summed E-state index contributed by atoms with van der Waals surface area (Å²) in [5.74, 6) is 1.35. The van der Waals surface area contributed by atoms with Gasteiger partial charge in [0, 0.05) is 6.42 Å². The minimum absolute atomic E-state index is 0.115. The Hall–Kier alpha value is -2.88. The molecule has 1 unspecified atom stereocenters. The highest BCUT2D eigenvalue weighted by molar-refractivity contribution is 7.99. The van der Waals surface area contributed by atoms with Gasteiger partial charge in [-0.15, -0.1) is 5.10 Å². The van der Waals surface area contributed by atoms with Crippen LogP contribution in [0.4, 0.5) is 0 Å². The molecular formula is C17H18N6O3S. The molecular weight excluding hydrogens is 368 g/mol. The van der Waals surface area contributed by atoms with Crippen LogP contribution in [-0.2, 0) is 4.79 Å². The van der Waals surface area contributed by atoms with Gasteiger partial charge >= 0.3 is 0 Å². The second-order valence-electron chi connectivity index (χ2n) is 6.29. The number of rotatable bonds is 6. The van der Waals surface area contributed by atoms with Gasteiger partial charge in [0.2, 0.25) is 5.16 Å². The largest absolute Gasteiger partial charge is 0.467 e. The van der Waals surface area contributed by atoms with Crippen molar-refractivity contribution in [3.05, 3.63) is 48.3 Å². The Labute approximate surface area is 159 Å². The Kier molecular flexibility index (Phi) is 4.80. The first-order chi connectivity index (χ1) is 13.1. The maximum absolute atomic E-state index is 12.9. The molecule has 1 atom stereocenters. The van der Waals surface area contributed by atoms with E-state index in [1.807, 2.05) is 26.0 Å². The zero-order chi connectivity index (χ0) is 18.8. The van der Waals surface area contributed by atoms with Crippen molar-refractivity contribution >= 4 is 23.4 Å². The van der Waals surface area contributed by atoms with Crippen LogP contribution in [0.2, 0.25) is 0 Å². The molecule has 1 amide bonds. The van der Waals surface area contributed by atoms with E-state index in [-0.39, 0.29) is 23.7 Å². The number of hydrogen-bond acceptors (Lipinski definition) is 8. The quantitative estimate of drug-likeness (QED) is 0.600. The third-order valence-corrected chi connectivity index (χ3v) is 5.04. The molecule has 0 saturated heterocycles. The summed E-state index contributed by atoms with van der Waals surface area (Å²) in [6.45, 7) is 3.96. The normalized spacial score (nSPS) is 16.9. The van der Waals surface area contributed by atoms with Gasteiger partial charge in [-0.2, -0.15) is 5.10 Å². The smallest absolute Gasteiger partial charge is 0.253 e. The molecule has 1 aliphatic rings. The van der Waals surface area contributed by atoms with Crippen LogP contribution in [0.3, 0.4) is 0 Å². The van der Waals surface area contributed by atoms with Gasteiger partial charge in [0.1, 0.15) is 23.3 Å². The van der Waals surface area contributed by atoms with Crippen molar-refractivity contribution in [3.8, 4) is 0 Å². The molecule has 10 heteroatoms. The van der Waals surface area contributed by atoms with E-state index in [1.54, 1.807) is 29.3 Å². The van der Waals surface area contributed by atoms with E-state index in [2.05, 4.69) is 20.6 Å². The van der Waals surface area contributed by atoms with Gasteiger partial charge in [-0.05, 0) is 48.5 Å². The lowest BCUT2D eigenvalue weighted by Gasteiger charge is -2.19. The van der Waals surface area contributed by atoms with Crippen LogP contribution in [0.5, 0.6) is 0 Å². The van der Waals surface area contributed by atoms with Gasteiger partial charge in [0.15, 0.2) is 0 Å². The van der Waals surface area contributed by atoms with E-state index in [1.165, 1.54) is 16.8 Å². The Morgan fingerprint density at radius 1 is 1.30 bits per heavy atom. The average Bonchev–Trinajstić information content (AvgIpc) is 3.45. The molecule has 0 saturated carbocycles. The van der Waals surface area contributed by atoms with Crippen molar-refractivity contribution in [2.45, 2.75) is 37.5 Å². The molecule has 3 aromatic heterocycles. The summed E-state index contributed by atoms with van der Waals surface area (Å²) in [6, 6.07) is 7.09. The van der Waals surface area contributed by atoms with Crippen LogP contribution in [0, 0.1) is 0 Å². The standard InChI is InChI=1S/C17H18N6O3S/c1-11(2)22-17(18-20-21-22)27-10-16(24)23-13(15-6-4-8-26-15)9-12(19-23)14-5-3-7-25-14/h3-8,11,13H,9-10H2,1-2H3. The fraction of sp³-hybridized carbons (Fsp3) is 0.353. The SMILES string of the molecule is CC(C)n1nnnc1SCC(=O)N1N=C(c2ccco2)CC1c1ccco1. The molecule has 140 valence electrons. The number of carbonyl (C=O) groups excluding carboxylic acids is 1. The number of carbonyl (C=O) groups is 1. The lowest BCUT2D eigenvalue weighted by molar-refractivity contribution is -0.130. The molecule has 0 aromatic carbocycles. The van der Waals surface area contributed by atoms with Crippen molar-refractivity contribution in [3.63, 3.8) is 0 Å². The number of thioether (sulfide) groups is 1. The van der Waals surface area contributed by atoms with E-state index < -0.39 is 0 Å². The highest BCUT2D eigenvalue weighted by Crippen LogP contribution is 2.34. The van der Waals surface area contributed by atoms with Gasteiger partial charge in [-0.3, -0.25) is 4.79 Å². The summed E-state index contributed by atoms with van der Waals surface area (Å²) >= 11 is 1.29. The summed E-state index contributed by atoms with van der Waals surface area (Å²) < 4.78 is 12.6. The zero-order valence-electron chi connectivity index (χ0n) is 14.8. The molecule has 0 radical (unpaired) electrons. The van der Waals surface area contributed by atoms with E-state index in [0.717, 1.165) is 0 Å². The van der Waals surface area contributed by atoms with E-state index in [0.29, 0.717) is 28.8 Å². The highest BCUT2D eigenvalue weighted by atomic mass is 32.2. The van der Waals surface area contributed by atoms with E-state index >= 15 is 0 Å². The predicted octanol–water partition coefficient (Wildman–Crippen LogP) is 2.91. The van der Waals surface area contributed by atoms with Gasteiger partial charge in [0.25, 0.3) is 5.91 Å². The number of amides is 1. The van der Waals surface area contributed by atoms with Gasteiger partial charge in [-0.1, -0.05) is 11.8 Å². The Morgan fingerprint density at radius 2 is 2.11 bits per heavy atom. The molecule has 4 rings (SSSR count). The lowest BCUT2D eigenvalue weighted by Crippen LogP contribution is -2.28. The Bertz CT molecular complexity index is 932. The molecule has 9 nitrogen and oxygen atoms in total. The summed E-state index contributed by atoms with van der Waals surface area (Å²) in [4.78, 5) is 12.9. The summed E-state index contributed by atoms with van der Waals surface area (Å²) in [7, 11) is 0. The molecule has 0 spiro atoms. The molecule has 4 heterocycles. The first kappa shape index (κ1) is 17.5. The molecule has 0 fully saturated rings. The Balaban J connectivity index is 1.53. The monoisotopic (exact) mass is 386 g/mol. The second kappa shape index (κ2) is 7.39. The number of aromatic nitrogens is 4. The van der Waals surface area contributed by atoms with Crippen LogP contribution in [0.15, 0.2) is 55.9 Å². The van der Waals surface area contributed by atoms with Crippen molar-refractivity contribution < 1.29 is 13.6 Å². The van der Waals surface area contributed by atoms with Crippen molar-refractivity contribution in [2.24, 2.45) is 5.10 Å². The molecule has 1 aliphatic heterocycles. The minimum Gasteiger partial charge on any atom is -0.467 e. The van der Waals surface area contributed by atoms with Gasteiger partial charge in [-0.25, -0.2) is 9.69 Å². The first-order valence-electron chi connectivity index (χ1n) is 8.51. The summed E-state index contributed by atoms with van der Waals surface area (Å²) in [5, 5.41) is 18.2. The van der Waals surface area contributed by atoms with E-state index in [4.69, 9.17) is 8.83 Å². The Morgan fingerprint density at radius 3 is 2.81 bits per heavy atom. The van der Waals surface area contributed by atoms with Crippen molar-refractivity contribution in [1.82, 2.24) is 25.2 Å². The predicted molar refractivity (Wildman–Crippen MR) is 97.1 cm³/mol. The van der Waals surface area contributed by atoms with E-state index in [9.17, 15) is 4.79 Å². The summed E-state index contributed by atoms with van der Waals surface area (Å²) in [6.07, 6.45) is 3.71. The molecule has 0 bridgehead atoms. The molecule has 27 heavy (non-hydrogen) atoms. The molecule has 3 aromatic rings. The van der Waals surface area contributed by atoms with Crippen LogP contribution >= 0.6 is 11.8 Å². The van der Waals surface area contributed by atoms with Gasteiger partial charge < -0.3 is 8.83 Å². The van der Waals surface area contributed by atoms with Crippen LogP contribution in [0.25, 0.3) is 0 Å². The summed E-state index contributed by atoms with van der Waals surface area (Å²) in [5.41, 5.74) is 0.715. The maximum Gasteiger partial charge on any atom is 0.253 e. The number of furan rings is 2. The van der Waals surface area contributed by atoms with Crippen LogP contribution < -0.4 is 0 Å². The topological polar surface area (TPSA) is 103 Å². The lowest BCUT2D eigenvalue weighted by atomic mass is 10.1. The number of nitrogens with zero attached hydrogens (tertiary/aromatic N) is 6. The number of hydrazone groups is 1. The van der Waals surface area contributed by atoms with Crippen LogP contribution in [0.1, 0.15) is 43.9 Å². The van der Waals surface area contributed by atoms with Gasteiger partial charge in [0.05, 0.1) is 24.3 Å². The van der Waals surface area contributed by atoms with Crippen LogP contribution in [-0.4, -0.2) is 42.6 Å². The fourth-order valence-corrected chi connectivity index (χ4v) is 3.69. The average molecular weight is 386 g/mol. The van der Waals surface area contributed by atoms with Crippen molar-refractivity contribution in [2.75, 3.05) is 5.75 Å². The second-order valence-corrected chi connectivity index (χ2v) is 7.23. The molecule has 0 N–H and O–H groups in total. The number of hydrogen-bond donors (Lipinski definition) is 0. The third kappa shape index (κ3) is 3.52. The maximum atomic E-state index is 12.9. The zero-order valence-corrected chi connectivity index (χ0v) is 15.7. The highest BCUT2D eigenvalue weighted by Gasteiger charge is 2.35. The fourth-order valence-electron chi connectivity index (χ4n) is 2.83. The molecule has 0 aliphatic carbocycles. The van der Waals surface area contributed by atoms with Crippen molar-refractivity contribution in [1.29, 1.82) is 0 Å².